The lowest BCUT2D eigenvalue weighted by Gasteiger charge is -2.37. The number of benzene rings is 2. The highest BCUT2D eigenvalue weighted by atomic mass is 32.2. The van der Waals surface area contributed by atoms with Crippen LogP contribution in [0.1, 0.15) is 56.7 Å². The number of sulfonamides is 1. The lowest BCUT2D eigenvalue weighted by atomic mass is 9.85. The van der Waals surface area contributed by atoms with E-state index in [1.807, 2.05) is 37.3 Å². The number of pyridine rings is 1. The van der Waals surface area contributed by atoms with E-state index in [0.717, 1.165) is 11.1 Å². The van der Waals surface area contributed by atoms with Crippen molar-refractivity contribution < 1.29 is 37.4 Å². The topological polar surface area (TPSA) is 243 Å². The molecule has 1 fully saturated rings. The highest BCUT2D eigenvalue weighted by Crippen LogP contribution is 2.25. The maximum absolute atomic E-state index is 14.2. The van der Waals surface area contributed by atoms with Gasteiger partial charge in [-0.05, 0) is 67.5 Å². The number of nitrogens with two attached hydrogens (primary N) is 1. The van der Waals surface area contributed by atoms with E-state index in [0.29, 0.717) is 24.2 Å². The number of guanidine groups is 1. The second-order valence-electron chi connectivity index (χ2n) is 14.7. The minimum atomic E-state index is -3.98. The first-order valence-electron chi connectivity index (χ1n) is 18.5. The average molecular weight is 825 g/mol. The van der Waals surface area contributed by atoms with Crippen LogP contribution < -0.4 is 31.7 Å². The number of alkyl carbamates (subject to hydrolysis) is 1. The van der Waals surface area contributed by atoms with Gasteiger partial charge in [0.15, 0.2) is 0 Å². The number of hydrogen-bond donors (Lipinski definition) is 7. The predicted octanol–water partition coefficient (Wildman–Crippen LogP) is 2.82. The zero-order valence-corrected chi connectivity index (χ0v) is 34.1. The molecule has 0 aliphatic carbocycles. The molecule has 1 aromatic heterocycles. The molecule has 18 heteroatoms. The number of carboxylic acids is 1. The van der Waals surface area contributed by atoms with Gasteiger partial charge >= 0.3 is 12.1 Å². The van der Waals surface area contributed by atoms with Crippen LogP contribution in [0.25, 0.3) is 0 Å². The standard InChI is InChI=1S/C39H52N8O8S2/c1-25-14-16-28(17-15-25)57(53,54)47-37(40)42-20-9-13-29(45-38(52)55-24-27-12-8-19-41-23-27)33(48)46-32(39(2,3)4)34(49)43-31(22-26-10-6-5-7-11-26)35-44-30(36(50)51)18-21-56-35/h5-8,10-12,14-17,19,23,29-32,35,44H,9,13,18,20-22,24H2,1-4H3,(H,43,49)(H,45,52)(H,46,48)(H,50,51)(H3,40,42,47)/t29-,30?,31?,32+,35?/m0/s1. The highest BCUT2D eigenvalue weighted by molar-refractivity contribution is 7.99. The Bertz CT molecular complexity index is 1950. The molecule has 4 rings (SSSR count). The number of aliphatic carboxylic acids is 1. The smallest absolute Gasteiger partial charge is 0.408 e. The Morgan fingerprint density at radius 1 is 1.00 bits per heavy atom. The number of nitrogens with one attached hydrogen (secondary N) is 5. The summed E-state index contributed by atoms with van der Waals surface area (Å²) >= 11 is 1.52. The normalized spacial score (nSPS) is 17.6. The molecule has 0 bridgehead atoms. The maximum Gasteiger partial charge on any atom is 0.408 e. The number of carbonyl (C=O) groups excluding carboxylic acids is 3. The van der Waals surface area contributed by atoms with Crippen LogP contribution in [0.5, 0.6) is 0 Å². The van der Waals surface area contributed by atoms with Crippen molar-refractivity contribution in [2.75, 3.05) is 12.3 Å². The van der Waals surface area contributed by atoms with Gasteiger partial charge in [-0.2, -0.15) is 0 Å². The highest BCUT2D eigenvalue weighted by Gasteiger charge is 2.38. The van der Waals surface area contributed by atoms with Gasteiger partial charge in [-0.25, -0.2) is 17.9 Å². The minimum Gasteiger partial charge on any atom is -0.480 e. The Hall–Kier alpha value is -5.20. The van der Waals surface area contributed by atoms with E-state index in [-0.39, 0.29) is 36.8 Å². The minimum absolute atomic E-state index is 0.00775. The third-order valence-electron chi connectivity index (χ3n) is 8.98. The first-order valence-corrected chi connectivity index (χ1v) is 21.0. The number of nitrogens with zero attached hydrogens (tertiary/aromatic N) is 2. The molecule has 57 heavy (non-hydrogen) atoms. The van der Waals surface area contributed by atoms with Crippen LogP contribution in [0, 0.1) is 12.3 Å². The van der Waals surface area contributed by atoms with E-state index in [1.165, 1.54) is 30.1 Å². The van der Waals surface area contributed by atoms with E-state index in [1.54, 1.807) is 51.2 Å². The van der Waals surface area contributed by atoms with Crippen LogP contribution in [0.15, 0.2) is 89.0 Å². The number of amides is 3. The molecule has 2 heterocycles. The summed E-state index contributed by atoms with van der Waals surface area (Å²) in [4.78, 5) is 61.2. The van der Waals surface area contributed by atoms with Gasteiger partial charge in [0.2, 0.25) is 17.8 Å². The van der Waals surface area contributed by atoms with Crippen LogP contribution >= 0.6 is 11.8 Å². The fourth-order valence-corrected chi connectivity index (χ4v) is 8.12. The van der Waals surface area contributed by atoms with E-state index in [9.17, 15) is 32.7 Å². The van der Waals surface area contributed by atoms with Crippen molar-refractivity contribution in [2.24, 2.45) is 16.1 Å². The molecule has 1 saturated heterocycles. The van der Waals surface area contributed by atoms with Crippen molar-refractivity contribution >= 4 is 51.6 Å². The fraction of sp³-hybridized carbons (Fsp3) is 0.436. The summed E-state index contributed by atoms with van der Waals surface area (Å²) in [5, 5.41) is 21.0. The second-order valence-corrected chi connectivity index (χ2v) is 17.6. The van der Waals surface area contributed by atoms with Gasteiger partial charge < -0.3 is 31.5 Å². The molecule has 0 spiro atoms. The van der Waals surface area contributed by atoms with Crippen molar-refractivity contribution in [1.82, 2.24) is 31.0 Å². The number of carbonyl (C=O) groups is 4. The molecule has 0 radical (unpaired) electrons. The molecule has 3 unspecified atom stereocenters. The van der Waals surface area contributed by atoms with Gasteiger partial charge in [-0.1, -0.05) is 74.9 Å². The van der Waals surface area contributed by atoms with Gasteiger partial charge in [0.25, 0.3) is 10.0 Å². The number of aliphatic imine (C=N–C) groups is 1. The third kappa shape index (κ3) is 14.4. The largest absolute Gasteiger partial charge is 0.480 e. The molecule has 0 saturated carbocycles. The summed E-state index contributed by atoms with van der Waals surface area (Å²) in [7, 11) is -3.98. The number of aromatic nitrogens is 1. The molecule has 8 N–H and O–H groups in total. The molecule has 2 aromatic carbocycles. The van der Waals surface area contributed by atoms with E-state index in [4.69, 9.17) is 10.5 Å². The number of rotatable bonds is 17. The van der Waals surface area contributed by atoms with Crippen LogP contribution in [0.3, 0.4) is 0 Å². The van der Waals surface area contributed by atoms with Crippen molar-refractivity contribution in [2.45, 2.75) is 94.4 Å². The molecule has 3 amide bonds. The second kappa shape index (κ2) is 20.8. The third-order valence-corrected chi connectivity index (χ3v) is 11.6. The first-order chi connectivity index (χ1) is 27.0. The quantitative estimate of drug-likeness (QED) is 0.0591. The Balaban J connectivity index is 1.48. The zero-order chi connectivity index (χ0) is 41.6. The Labute approximate surface area is 337 Å². The fourth-order valence-electron chi connectivity index (χ4n) is 5.88. The Kier molecular flexibility index (Phi) is 16.3. The first kappa shape index (κ1) is 44.5. The Morgan fingerprint density at radius 3 is 2.35 bits per heavy atom. The number of aryl methyl sites for hydroxylation is 1. The maximum atomic E-state index is 14.2. The van der Waals surface area contributed by atoms with Crippen molar-refractivity contribution in [3.63, 3.8) is 0 Å². The van der Waals surface area contributed by atoms with Crippen molar-refractivity contribution in [1.29, 1.82) is 0 Å². The summed E-state index contributed by atoms with van der Waals surface area (Å²) in [6.45, 7) is 7.08. The number of carboxylic acid groups (broad SMARTS) is 1. The molecular weight excluding hydrogens is 773 g/mol. The monoisotopic (exact) mass is 824 g/mol. The van der Waals surface area contributed by atoms with Gasteiger partial charge in [-0.15, -0.1) is 11.8 Å². The van der Waals surface area contributed by atoms with Crippen molar-refractivity contribution in [3.8, 4) is 0 Å². The zero-order valence-electron chi connectivity index (χ0n) is 32.4. The Morgan fingerprint density at radius 2 is 1.70 bits per heavy atom. The van der Waals surface area contributed by atoms with Crippen LogP contribution in [0.4, 0.5) is 4.79 Å². The van der Waals surface area contributed by atoms with Gasteiger partial charge in [-0.3, -0.25) is 29.7 Å². The summed E-state index contributed by atoms with van der Waals surface area (Å²) < 4.78 is 33.1. The van der Waals surface area contributed by atoms with Crippen LogP contribution in [0.2, 0.25) is 0 Å². The van der Waals surface area contributed by atoms with Crippen LogP contribution in [-0.4, -0.2) is 90.2 Å². The average Bonchev–Trinajstić information content (AvgIpc) is 3.17. The molecule has 1 aliphatic rings. The lowest BCUT2D eigenvalue weighted by Crippen LogP contribution is -2.62. The van der Waals surface area contributed by atoms with Gasteiger partial charge in [0.05, 0.1) is 16.3 Å². The number of thioether (sulfide) groups is 1. The molecule has 308 valence electrons. The molecule has 5 atom stereocenters. The molecule has 16 nitrogen and oxygen atoms in total. The van der Waals surface area contributed by atoms with E-state index >= 15 is 0 Å². The predicted molar refractivity (Wildman–Crippen MR) is 217 cm³/mol. The summed E-state index contributed by atoms with van der Waals surface area (Å²) in [5.74, 6) is -1.91. The van der Waals surface area contributed by atoms with Gasteiger partial charge in [0.1, 0.15) is 24.7 Å². The SMILES string of the molecule is Cc1ccc(S(=O)(=O)NC(N)=NCCC[C@H](NC(=O)OCc2cccnc2)C(=O)N[C@H](C(=O)NC(Cc2ccccc2)C2NC(C(=O)O)CCS2)C(C)(C)C)cc1. The lowest BCUT2D eigenvalue weighted by molar-refractivity contribution is -0.139. The van der Waals surface area contributed by atoms with Crippen molar-refractivity contribution in [3.05, 3.63) is 95.8 Å². The molecular formula is C39H52N8O8S2. The summed E-state index contributed by atoms with van der Waals surface area (Å²) in [6, 6.07) is 15.5. The summed E-state index contributed by atoms with van der Waals surface area (Å²) in [5.41, 5.74) is 7.53. The van der Waals surface area contributed by atoms with E-state index in [2.05, 4.69) is 36.0 Å². The van der Waals surface area contributed by atoms with E-state index < -0.39 is 68.9 Å². The molecule has 1 aliphatic heterocycles. The molecule has 3 aromatic rings. The summed E-state index contributed by atoms with van der Waals surface area (Å²) in [6.07, 6.45) is 3.25. The van der Waals surface area contributed by atoms with Crippen LogP contribution in [-0.2, 0) is 42.2 Å². The number of ether oxygens (including phenoxy) is 1. The van der Waals surface area contributed by atoms with Gasteiger partial charge in [0, 0.05) is 24.5 Å². The number of hydrogen-bond acceptors (Lipinski definition) is 11.